The summed E-state index contributed by atoms with van der Waals surface area (Å²) in [6, 6.07) is 7.31. The van der Waals surface area contributed by atoms with Crippen molar-refractivity contribution in [3.63, 3.8) is 0 Å². The molecule has 1 aliphatic heterocycles. The molecule has 2 rings (SSSR count). The molecule has 0 saturated carbocycles. The number of likely N-dealkylation sites (N-methyl/N-ethyl adjacent to an activating group) is 1. The molecule has 1 atom stereocenters. The highest BCUT2D eigenvalue weighted by Gasteiger charge is 2.31. The second-order valence-electron chi connectivity index (χ2n) is 5.94. The molecule has 1 heterocycles. The van der Waals surface area contributed by atoms with Gasteiger partial charge in [0.2, 0.25) is 5.91 Å². The van der Waals surface area contributed by atoms with Crippen molar-refractivity contribution in [2.75, 3.05) is 39.8 Å². The number of fused-ring (bicyclic) bond motifs is 1. The number of carbonyl (C=O) groups excluding carboxylic acids is 1. The lowest BCUT2D eigenvalue weighted by Crippen LogP contribution is -2.46. The third-order valence-corrected chi connectivity index (χ3v) is 3.62. The molecule has 1 aromatic rings. The first-order valence-electron chi connectivity index (χ1n) is 8.50. The second kappa shape index (κ2) is 11.2. The summed E-state index contributed by atoms with van der Waals surface area (Å²) in [5.41, 5.74) is 0. The fraction of sp³-hybridized carbons (Fsp3) is 0.529. The van der Waals surface area contributed by atoms with Gasteiger partial charge in [0.25, 0.3) is 0 Å². The van der Waals surface area contributed by atoms with E-state index in [0.29, 0.717) is 42.1 Å². The first kappa shape index (κ1) is 24.1. The van der Waals surface area contributed by atoms with Crippen molar-refractivity contribution in [1.29, 1.82) is 0 Å². The third kappa shape index (κ3) is 7.98. The van der Waals surface area contributed by atoms with E-state index in [0.717, 1.165) is 7.05 Å². The molecule has 0 aliphatic carbocycles. The van der Waals surface area contributed by atoms with Crippen molar-refractivity contribution in [3.8, 4) is 11.5 Å². The Hall–Kier alpha value is -1.92. The molecule has 0 spiro atoms. The number of carbonyl (C=O) groups is 1. The van der Waals surface area contributed by atoms with Crippen LogP contribution in [0, 0.1) is 0 Å². The van der Waals surface area contributed by atoms with Crippen LogP contribution in [0.5, 0.6) is 11.5 Å². The zero-order valence-corrected chi connectivity index (χ0v) is 17.9. The number of aliphatic imine (C=N–C) groups is 1. The number of hydrogen-bond donors (Lipinski definition) is 2. The summed E-state index contributed by atoms with van der Waals surface area (Å²) in [5.74, 6) is 0.901. The van der Waals surface area contributed by atoms with Crippen LogP contribution in [0.15, 0.2) is 29.3 Å². The number of nitrogens with zero attached hydrogens (tertiary/aromatic N) is 2. The maximum Gasteiger partial charge on any atom is 0.406 e. The van der Waals surface area contributed by atoms with E-state index in [1.165, 1.54) is 0 Å². The van der Waals surface area contributed by atoms with Crippen LogP contribution in [0.25, 0.3) is 0 Å². The van der Waals surface area contributed by atoms with Crippen LogP contribution in [0.2, 0.25) is 0 Å². The van der Waals surface area contributed by atoms with Crippen LogP contribution in [-0.4, -0.2) is 68.9 Å². The minimum atomic E-state index is -4.44. The van der Waals surface area contributed by atoms with Crippen LogP contribution in [-0.2, 0) is 4.79 Å². The molecule has 0 aromatic heterocycles. The normalized spacial score (nSPS) is 16.0. The molecule has 1 unspecified atom stereocenters. The zero-order valence-electron chi connectivity index (χ0n) is 15.6. The van der Waals surface area contributed by atoms with Crippen LogP contribution in [0.3, 0.4) is 0 Å². The molecule has 11 heteroatoms. The lowest BCUT2D eigenvalue weighted by Gasteiger charge is -2.27. The Morgan fingerprint density at radius 2 is 1.96 bits per heavy atom. The second-order valence-corrected chi connectivity index (χ2v) is 5.94. The highest BCUT2D eigenvalue weighted by atomic mass is 127. The van der Waals surface area contributed by atoms with E-state index in [4.69, 9.17) is 9.47 Å². The Morgan fingerprint density at radius 3 is 2.61 bits per heavy atom. The highest BCUT2D eigenvalue weighted by Crippen LogP contribution is 2.30. The minimum Gasteiger partial charge on any atom is -0.486 e. The minimum absolute atomic E-state index is 0. The number of hydrogen-bond acceptors (Lipinski definition) is 4. The summed E-state index contributed by atoms with van der Waals surface area (Å²) in [5, 5.41) is 5.94. The number of amides is 1. The summed E-state index contributed by atoms with van der Waals surface area (Å²) in [4.78, 5) is 16.4. The van der Waals surface area contributed by atoms with Crippen LogP contribution >= 0.6 is 24.0 Å². The summed E-state index contributed by atoms with van der Waals surface area (Å²) in [6.45, 7) is 1.36. The number of rotatable bonds is 6. The molecule has 158 valence electrons. The largest absolute Gasteiger partial charge is 0.486 e. The Bertz CT molecular complexity index is 673. The molecular weight excluding hydrogens is 492 g/mol. The quantitative estimate of drug-likeness (QED) is 0.344. The van der Waals surface area contributed by atoms with Gasteiger partial charge in [-0.2, -0.15) is 13.2 Å². The molecule has 1 aliphatic rings. The summed E-state index contributed by atoms with van der Waals surface area (Å²) in [7, 11) is 1.09. The monoisotopic (exact) mass is 516 g/mol. The van der Waals surface area contributed by atoms with E-state index >= 15 is 0 Å². The standard InChI is InChI=1S/C17H23F3N4O3.HI/c1-3-21-16(23-9-15(25)24(2)11-17(18,19)20)22-8-12-10-26-13-6-4-5-7-14(13)27-12;/h4-7,12H,3,8-11H2,1-2H3,(H2,21,22,23);1H. The van der Waals surface area contributed by atoms with Gasteiger partial charge in [-0.1, -0.05) is 12.1 Å². The SMILES string of the molecule is CCNC(=NCC(=O)N(C)CC(F)(F)F)NCC1COc2ccccc2O1.I. The first-order chi connectivity index (χ1) is 12.8. The van der Waals surface area contributed by atoms with E-state index in [9.17, 15) is 18.0 Å². The van der Waals surface area contributed by atoms with Gasteiger partial charge in [0, 0.05) is 13.6 Å². The zero-order chi connectivity index (χ0) is 19.9. The van der Waals surface area contributed by atoms with Crippen LogP contribution in [0.4, 0.5) is 13.2 Å². The van der Waals surface area contributed by atoms with E-state index in [1.807, 2.05) is 25.1 Å². The van der Waals surface area contributed by atoms with Gasteiger partial charge in [-0.05, 0) is 19.1 Å². The van der Waals surface area contributed by atoms with Gasteiger partial charge in [0.15, 0.2) is 17.5 Å². The number of benzene rings is 1. The van der Waals surface area contributed by atoms with E-state index < -0.39 is 25.2 Å². The molecule has 0 fully saturated rings. The summed E-state index contributed by atoms with van der Waals surface area (Å²) >= 11 is 0. The number of nitrogens with one attached hydrogen (secondary N) is 2. The number of guanidine groups is 1. The highest BCUT2D eigenvalue weighted by molar-refractivity contribution is 14.0. The Balaban J connectivity index is 0.00000392. The van der Waals surface area contributed by atoms with E-state index in [-0.39, 0.29) is 30.1 Å². The third-order valence-electron chi connectivity index (χ3n) is 3.62. The van der Waals surface area contributed by atoms with E-state index in [1.54, 1.807) is 6.07 Å². The Morgan fingerprint density at radius 1 is 1.29 bits per heavy atom. The van der Waals surface area contributed by atoms with Crippen molar-refractivity contribution in [2.45, 2.75) is 19.2 Å². The van der Waals surface area contributed by atoms with Gasteiger partial charge in [0.1, 0.15) is 25.8 Å². The molecular formula is C17H24F3IN4O3. The van der Waals surface area contributed by atoms with Crippen LogP contribution in [0.1, 0.15) is 6.92 Å². The summed E-state index contributed by atoms with van der Waals surface area (Å²) < 4.78 is 48.4. The molecule has 28 heavy (non-hydrogen) atoms. The van der Waals surface area contributed by atoms with Gasteiger partial charge in [-0.3, -0.25) is 4.79 Å². The van der Waals surface area contributed by atoms with Gasteiger partial charge < -0.3 is 25.0 Å². The average molecular weight is 516 g/mol. The maximum atomic E-state index is 12.3. The Kier molecular flexibility index (Phi) is 9.62. The number of alkyl halides is 3. The predicted octanol–water partition coefficient (Wildman–Crippen LogP) is 2.02. The number of ether oxygens (including phenoxy) is 2. The first-order valence-corrected chi connectivity index (χ1v) is 8.50. The lowest BCUT2D eigenvalue weighted by atomic mass is 10.2. The molecule has 1 aromatic carbocycles. The molecule has 0 radical (unpaired) electrons. The van der Waals surface area contributed by atoms with Gasteiger partial charge in [-0.25, -0.2) is 4.99 Å². The van der Waals surface area contributed by atoms with Crippen molar-refractivity contribution in [1.82, 2.24) is 15.5 Å². The Labute approximate surface area is 178 Å². The van der Waals surface area contributed by atoms with Crippen LogP contribution < -0.4 is 20.1 Å². The van der Waals surface area contributed by atoms with Gasteiger partial charge in [0.05, 0.1) is 6.54 Å². The molecule has 0 saturated heterocycles. The van der Waals surface area contributed by atoms with Gasteiger partial charge >= 0.3 is 6.18 Å². The van der Waals surface area contributed by atoms with Crippen molar-refractivity contribution in [3.05, 3.63) is 24.3 Å². The molecule has 1 amide bonds. The number of para-hydroxylation sites is 2. The van der Waals surface area contributed by atoms with Gasteiger partial charge in [-0.15, -0.1) is 24.0 Å². The molecule has 0 bridgehead atoms. The van der Waals surface area contributed by atoms with Crippen molar-refractivity contribution >= 4 is 35.8 Å². The lowest BCUT2D eigenvalue weighted by molar-refractivity contribution is -0.157. The number of halogens is 4. The van der Waals surface area contributed by atoms with Crippen molar-refractivity contribution in [2.24, 2.45) is 4.99 Å². The topological polar surface area (TPSA) is 75.2 Å². The molecule has 2 N–H and O–H groups in total. The maximum absolute atomic E-state index is 12.3. The predicted molar refractivity (Wildman–Crippen MR) is 109 cm³/mol. The van der Waals surface area contributed by atoms with E-state index in [2.05, 4.69) is 15.6 Å². The average Bonchev–Trinajstić information content (AvgIpc) is 2.62. The summed E-state index contributed by atoms with van der Waals surface area (Å²) in [6.07, 6.45) is -4.71. The molecule has 7 nitrogen and oxygen atoms in total. The fourth-order valence-electron chi connectivity index (χ4n) is 2.34. The fourth-order valence-corrected chi connectivity index (χ4v) is 2.34. The smallest absolute Gasteiger partial charge is 0.406 e. The van der Waals surface area contributed by atoms with Crippen molar-refractivity contribution < 1.29 is 27.4 Å².